The average Bonchev–Trinajstić information content (AvgIpc) is 3.14. The zero-order valence-corrected chi connectivity index (χ0v) is 23.0. The van der Waals surface area contributed by atoms with E-state index in [-0.39, 0.29) is 29.6 Å². The van der Waals surface area contributed by atoms with Crippen molar-refractivity contribution in [2.24, 2.45) is 5.41 Å². The maximum atomic E-state index is 13.4. The van der Waals surface area contributed by atoms with E-state index in [9.17, 15) is 32.7 Å². The van der Waals surface area contributed by atoms with Crippen molar-refractivity contribution in [3.63, 3.8) is 0 Å². The van der Waals surface area contributed by atoms with Crippen molar-refractivity contribution in [2.75, 3.05) is 38.0 Å². The highest BCUT2D eigenvalue weighted by Crippen LogP contribution is 2.32. The number of aliphatic hydroxyl groups excluding tert-OH is 1. The third kappa shape index (κ3) is 8.07. The second-order valence-electron chi connectivity index (χ2n) is 11.5. The molecule has 9 nitrogen and oxygen atoms in total. The standard InChI is InChI=1S/C27H40F3N5O4/c1-5-7-22(36)21(15-31-16-26(2,3)4)35-13-10-20(24(35)38)32-23(37)18-14-17(27(28,29)30)8-9-19(18)33-25(39)34-11-6-12-34/h8-9,14,20-22,31,36H,5-7,10-13,15-16H2,1-4H3,(H,32,37)(H,33,39)/t20-,21-,22-/m0/s1. The summed E-state index contributed by atoms with van der Waals surface area (Å²) in [4.78, 5) is 41.9. The van der Waals surface area contributed by atoms with Gasteiger partial charge in [0.1, 0.15) is 6.04 Å². The number of benzene rings is 1. The predicted molar refractivity (Wildman–Crippen MR) is 141 cm³/mol. The molecular formula is C27H40F3N5O4. The number of hydrogen-bond donors (Lipinski definition) is 4. The van der Waals surface area contributed by atoms with Crippen molar-refractivity contribution in [3.8, 4) is 0 Å². The van der Waals surface area contributed by atoms with Crippen LogP contribution in [0.2, 0.25) is 0 Å². The summed E-state index contributed by atoms with van der Waals surface area (Å²) in [7, 11) is 0. The predicted octanol–water partition coefficient (Wildman–Crippen LogP) is 3.44. The number of carbonyl (C=O) groups is 3. The van der Waals surface area contributed by atoms with Crippen molar-refractivity contribution in [2.45, 2.75) is 77.7 Å². The maximum absolute atomic E-state index is 13.4. The lowest BCUT2D eigenvalue weighted by Crippen LogP contribution is -2.53. The molecule has 0 aromatic heterocycles. The van der Waals surface area contributed by atoms with Crippen LogP contribution in [0.25, 0.3) is 0 Å². The Bertz CT molecular complexity index is 1040. The number of urea groups is 1. The Morgan fingerprint density at radius 3 is 2.41 bits per heavy atom. The molecule has 0 spiro atoms. The topological polar surface area (TPSA) is 114 Å². The fourth-order valence-electron chi connectivity index (χ4n) is 4.67. The van der Waals surface area contributed by atoms with Crippen molar-refractivity contribution in [3.05, 3.63) is 29.3 Å². The number of alkyl halides is 3. The second-order valence-corrected chi connectivity index (χ2v) is 11.5. The molecule has 0 aliphatic carbocycles. The molecule has 4 N–H and O–H groups in total. The van der Waals surface area contributed by atoms with Gasteiger partial charge in [0.15, 0.2) is 0 Å². The lowest BCUT2D eigenvalue weighted by Gasteiger charge is -2.33. The van der Waals surface area contributed by atoms with Crippen LogP contribution in [0.4, 0.5) is 23.7 Å². The fraction of sp³-hybridized carbons (Fsp3) is 0.667. The van der Waals surface area contributed by atoms with Crippen molar-refractivity contribution < 1.29 is 32.7 Å². The molecule has 0 bridgehead atoms. The van der Waals surface area contributed by atoms with E-state index < -0.39 is 47.8 Å². The molecule has 0 radical (unpaired) electrons. The largest absolute Gasteiger partial charge is 0.416 e. The molecular weight excluding hydrogens is 515 g/mol. The summed E-state index contributed by atoms with van der Waals surface area (Å²) < 4.78 is 40.3. The van der Waals surface area contributed by atoms with E-state index in [4.69, 9.17) is 0 Å². The quantitative estimate of drug-likeness (QED) is 0.353. The Morgan fingerprint density at radius 2 is 1.85 bits per heavy atom. The lowest BCUT2D eigenvalue weighted by molar-refractivity contribution is -0.137. The SMILES string of the molecule is CCC[C@H](O)[C@H](CNCC(C)(C)C)N1CC[C@H](NC(=O)c2cc(C(F)(F)F)ccc2NC(=O)N2CCC2)C1=O. The van der Waals surface area contributed by atoms with Gasteiger partial charge in [-0.1, -0.05) is 34.1 Å². The van der Waals surface area contributed by atoms with Gasteiger partial charge in [0.2, 0.25) is 5.91 Å². The Labute approximate surface area is 227 Å². The number of amides is 4. The molecule has 3 atom stereocenters. The normalized spacial score (nSPS) is 19.5. The van der Waals surface area contributed by atoms with E-state index in [1.807, 2.05) is 6.92 Å². The van der Waals surface area contributed by atoms with Crippen LogP contribution < -0.4 is 16.0 Å². The second kappa shape index (κ2) is 12.5. The van der Waals surface area contributed by atoms with Crippen LogP contribution in [-0.4, -0.2) is 83.7 Å². The van der Waals surface area contributed by atoms with Crippen LogP contribution in [0, 0.1) is 5.41 Å². The van der Waals surface area contributed by atoms with Crippen LogP contribution >= 0.6 is 0 Å². The molecule has 39 heavy (non-hydrogen) atoms. The van der Waals surface area contributed by atoms with E-state index in [1.54, 1.807) is 4.90 Å². The number of carbonyl (C=O) groups excluding carboxylic acids is 3. The maximum Gasteiger partial charge on any atom is 0.416 e. The molecule has 2 fully saturated rings. The van der Waals surface area contributed by atoms with Crippen molar-refractivity contribution >= 4 is 23.5 Å². The van der Waals surface area contributed by atoms with Gasteiger partial charge in [-0.3, -0.25) is 9.59 Å². The first kappa shape index (κ1) is 30.7. The number of anilines is 1. The first-order chi connectivity index (χ1) is 18.2. The molecule has 1 aromatic carbocycles. The third-order valence-electron chi connectivity index (χ3n) is 6.96. The smallest absolute Gasteiger partial charge is 0.391 e. The Kier molecular flexibility index (Phi) is 9.87. The number of nitrogens with one attached hydrogen (secondary N) is 3. The summed E-state index contributed by atoms with van der Waals surface area (Å²) in [5.41, 5.74) is -1.48. The van der Waals surface area contributed by atoms with Gasteiger partial charge in [-0.2, -0.15) is 13.2 Å². The van der Waals surface area contributed by atoms with Crippen LogP contribution in [0.15, 0.2) is 18.2 Å². The Balaban J connectivity index is 1.76. The molecule has 1 aromatic rings. The number of likely N-dealkylation sites (tertiary alicyclic amines) is 2. The summed E-state index contributed by atoms with van der Waals surface area (Å²) in [5, 5.41) is 19.2. The monoisotopic (exact) mass is 555 g/mol. The molecule has 4 amide bonds. The number of hydrogen-bond acceptors (Lipinski definition) is 5. The van der Waals surface area contributed by atoms with Gasteiger partial charge < -0.3 is 30.9 Å². The summed E-state index contributed by atoms with van der Waals surface area (Å²) >= 11 is 0. The first-order valence-electron chi connectivity index (χ1n) is 13.5. The zero-order valence-electron chi connectivity index (χ0n) is 23.0. The van der Waals surface area contributed by atoms with Gasteiger partial charge in [-0.15, -0.1) is 0 Å². The van der Waals surface area contributed by atoms with Gasteiger partial charge in [0.25, 0.3) is 5.91 Å². The third-order valence-corrected chi connectivity index (χ3v) is 6.96. The van der Waals surface area contributed by atoms with Crippen LogP contribution in [-0.2, 0) is 11.0 Å². The minimum absolute atomic E-state index is 0.000483. The molecule has 0 saturated carbocycles. The minimum atomic E-state index is -4.70. The highest BCUT2D eigenvalue weighted by molar-refractivity contribution is 6.05. The van der Waals surface area contributed by atoms with E-state index in [0.29, 0.717) is 38.7 Å². The molecule has 3 rings (SSSR count). The first-order valence-corrected chi connectivity index (χ1v) is 13.5. The van der Waals surface area contributed by atoms with Gasteiger partial charge in [0.05, 0.1) is 29.0 Å². The van der Waals surface area contributed by atoms with E-state index >= 15 is 0 Å². The summed E-state index contributed by atoms with van der Waals surface area (Å²) in [6.07, 6.45) is -3.18. The van der Waals surface area contributed by atoms with E-state index in [0.717, 1.165) is 25.0 Å². The highest BCUT2D eigenvalue weighted by atomic mass is 19.4. The average molecular weight is 556 g/mol. The number of nitrogens with zero attached hydrogens (tertiary/aromatic N) is 2. The minimum Gasteiger partial charge on any atom is -0.391 e. The molecule has 2 heterocycles. The molecule has 0 unspecified atom stereocenters. The van der Waals surface area contributed by atoms with Crippen LogP contribution in [0.1, 0.15) is 69.3 Å². The number of halogens is 3. The Hall–Kier alpha value is -2.86. The van der Waals surface area contributed by atoms with Crippen LogP contribution in [0.3, 0.4) is 0 Å². The summed E-state index contributed by atoms with van der Waals surface area (Å²) in [6.45, 7) is 10.5. The molecule has 2 saturated heterocycles. The summed E-state index contributed by atoms with van der Waals surface area (Å²) in [6, 6.07) is 0.550. The van der Waals surface area contributed by atoms with Crippen molar-refractivity contribution in [1.29, 1.82) is 0 Å². The summed E-state index contributed by atoms with van der Waals surface area (Å²) in [5.74, 6) is -1.30. The van der Waals surface area contributed by atoms with Gasteiger partial charge >= 0.3 is 12.2 Å². The molecule has 218 valence electrons. The van der Waals surface area contributed by atoms with Gasteiger partial charge in [-0.25, -0.2) is 4.79 Å². The van der Waals surface area contributed by atoms with Gasteiger partial charge in [0, 0.05) is 32.7 Å². The van der Waals surface area contributed by atoms with Crippen molar-refractivity contribution in [1.82, 2.24) is 20.4 Å². The van der Waals surface area contributed by atoms with E-state index in [1.165, 1.54) is 4.90 Å². The van der Waals surface area contributed by atoms with E-state index in [2.05, 4.69) is 36.7 Å². The molecule has 2 aliphatic heterocycles. The zero-order chi connectivity index (χ0) is 29.0. The van der Waals surface area contributed by atoms with Crippen LogP contribution in [0.5, 0.6) is 0 Å². The van der Waals surface area contributed by atoms with Gasteiger partial charge in [-0.05, 0) is 42.9 Å². The Morgan fingerprint density at radius 1 is 1.15 bits per heavy atom. The number of aliphatic hydroxyl groups is 1. The highest BCUT2D eigenvalue weighted by Gasteiger charge is 2.40. The lowest BCUT2D eigenvalue weighted by atomic mass is 9.96. The number of rotatable bonds is 10. The molecule has 2 aliphatic rings. The fourth-order valence-corrected chi connectivity index (χ4v) is 4.67. The molecule has 12 heteroatoms.